The number of furan rings is 3. The van der Waals surface area contributed by atoms with Crippen LogP contribution in [0.5, 0.6) is 0 Å². The van der Waals surface area contributed by atoms with Crippen LogP contribution in [0.3, 0.4) is 0 Å². The number of benzene rings is 10. The van der Waals surface area contributed by atoms with Crippen LogP contribution in [-0.2, 0) is 0 Å². The lowest BCUT2D eigenvalue weighted by atomic mass is 10.0. The van der Waals surface area contributed by atoms with E-state index >= 15 is 0 Å². The lowest BCUT2D eigenvalue weighted by Crippen LogP contribution is -2.10. The standard InChI is InChI=1S/C59H40N2O3/c1-35-21-25-43(26-22-35)61(53-20-10-18-49-47-16-8-12-37(3)57(47)64-59(49)53)45-28-24-39-34-55-51(32-41(39)30-45)50-31-40-29-44(27-23-38(40)33-54(50)62-55)60(42-13-5-4-6-14-42)52-19-9-17-48-46-15-7-11-36(2)56(46)63-58(48)52/h4-34H,1-3H3. The summed E-state index contributed by atoms with van der Waals surface area (Å²) in [7, 11) is 0. The van der Waals surface area contributed by atoms with Crippen LogP contribution in [0.2, 0.25) is 0 Å². The number of hydrogen-bond acceptors (Lipinski definition) is 5. The van der Waals surface area contributed by atoms with Gasteiger partial charge in [0.25, 0.3) is 0 Å². The molecule has 0 bridgehead atoms. The van der Waals surface area contributed by atoms with Crippen LogP contribution in [-0.4, -0.2) is 0 Å². The van der Waals surface area contributed by atoms with Gasteiger partial charge < -0.3 is 23.1 Å². The van der Waals surface area contributed by atoms with Crippen molar-refractivity contribution in [1.82, 2.24) is 0 Å². The van der Waals surface area contributed by atoms with Crippen molar-refractivity contribution in [2.45, 2.75) is 20.8 Å². The van der Waals surface area contributed by atoms with Crippen molar-refractivity contribution >= 4 is 121 Å². The lowest BCUT2D eigenvalue weighted by molar-refractivity contribution is 0.665. The molecule has 0 aliphatic heterocycles. The first-order valence-electron chi connectivity index (χ1n) is 21.8. The minimum Gasteiger partial charge on any atom is -0.456 e. The predicted octanol–water partition coefficient (Wildman–Crippen LogP) is 17.6. The average Bonchev–Trinajstić information content (AvgIpc) is 4.01. The summed E-state index contributed by atoms with van der Waals surface area (Å²) in [5.74, 6) is 0. The van der Waals surface area contributed by atoms with E-state index in [9.17, 15) is 0 Å². The number of nitrogens with zero attached hydrogens (tertiary/aromatic N) is 2. The number of anilines is 6. The highest BCUT2D eigenvalue weighted by Crippen LogP contribution is 2.46. The average molecular weight is 825 g/mol. The Morgan fingerprint density at radius 3 is 1.23 bits per heavy atom. The molecule has 10 aromatic carbocycles. The van der Waals surface area contributed by atoms with Crippen molar-refractivity contribution in [2.24, 2.45) is 0 Å². The Morgan fingerprint density at radius 2 is 0.734 bits per heavy atom. The fraction of sp³-hybridized carbons (Fsp3) is 0.0508. The summed E-state index contributed by atoms with van der Waals surface area (Å²) in [6.07, 6.45) is 0. The third-order valence-electron chi connectivity index (χ3n) is 13.1. The topological polar surface area (TPSA) is 45.9 Å². The Kier molecular flexibility index (Phi) is 7.88. The number of hydrogen-bond donors (Lipinski definition) is 0. The summed E-state index contributed by atoms with van der Waals surface area (Å²) >= 11 is 0. The Bertz CT molecular complexity index is 4000. The van der Waals surface area contributed by atoms with Crippen LogP contribution in [0, 0.1) is 20.8 Å². The largest absolute Gasteiger partial charge is 0.456 e. The fourth-order valence-electron chi connectivity index (χ4n) is 9.89. The van der Waals surface area contributed by atoms with Crippen LogP contribution in [0.1, 0.15) is 16.7 Å². The van der Waals surface area contributed by atoms with Crippen LogP contribution >= 0.6 is 0 Å². The summed E-state index contributed by atoms with van der Waals surface area (Å²) in [5.41, 5.74) is 14.9. The summed E-state index contributed by atoms with van der Waals surface area (Å²) in [6.45, 7) is 6.34. The zero-order valence-corrected chi connectivity index (χ0v) is 35.5. The highest BCUT2D eigenvalue weighted by Gasteiger charge is 2.23. The van der Waals surface area contributed by atoms with Gasteiger partial charge in [0, 0.05) is 55.1 Å². The van der Waals surface area contributed by atoms with E-state index in [4.69, 9.17) is 13.3 Å². The second-order valence-corrected chi connectivity index (χ2v) is 17.1. The molecule has 0 aliphatic carbocycles. The highest BCUT2D eigenvalue weighted by molar-refractivity contribution is 6.16. The number of aryl methyl sites for hydroxylation is 3. The number of rotatable bonds is 6. The van der Waals surface area contributed by atoms with Gasteiger partial charge in [-0.3, -0.25) is 0 Å². The monoisotopic (exact) mass is 824 g/mol. The van der Waals surface area contributed by atoms with Crippen molar-refractivity contribution < 1.29 is 13.3 Å². The summed E-state index contributed by atoms with van der Waals surface area (Å²) in [4.78, 5) is 4.62. The van der Waals surface area contributed by atoms with Crippen molar-refractivity contribution in [1.29, 1.82) is 0 Å². The van der Waals surface area contributed by atoms with Gasteiger partial charge in [0.1, 0.15) is 22.3 Å². The van der Waals surface area contributed by atoms with Crippen LogP contribution in [0.4, 0.5) is 34.1 Å². The first-order chi connectivity index (χ1) is 31.4. The van der Waals surface area contributed by atoms with Crippen LogP contribution in [0.25, 0.3) is 87.4 Å². The van der Waals surface area contributed by atoms with E-state index in [2.05, 4.69) is 219 Å². The molecule has 0 amide bonds. The summed E-state index contributed by atoms with van der Waals surface area (Å²) in [5, 5.41) is 11.1. The first-order valence-corrected chi connectivity index (χ1v) is 21.8. The van der Waals surface area contributed by atoms with Crippen molar-refractivity contribution in [3.05, 3.63) is 205 Å². The molecule has 5 heteroatoms. The molecule has 13 rings (SSSR count). The van der Waals surface area contributed by atoms with Gasteiger partial charge in [-0.1, -0.05) is 109 Å². The Hall–Kier alpha value is -8.28. The van der Waals surface area contributed by atoms with Gasteiger partial charge in [0.05, 0.1) is 11.4 Å². The van der Waals surface area contributed by atoms with Gasteiger partial charge in [0.15, 0.2) is 11.2 Å². The van der Waals surface area contributed by atoms with Gasteiger partial charge >= 0.3 is 0 Å². The molecule has 0 saturated heterocycles. The first kappa shape index (κ1) is 36.4. The van der Waals surface area contributed by atoms with E-state index in [1.165, 1.54) is 5.56 Å². The third-order valence-corrected chi connectivity index (χ3v) is 13.1. The van der Waals surface area contributed by atoms with Crippen molar-refractivity contribution in [3.63, 3.8) is 0 Å². The third kappa shape index (κ3) is 5.57. The maximum atomic E-state index is 6.73. The maximum Gasteiger partial charge on any atom is 0.159 e. The molecule has 0 N–H and O–H groups in total. The predicted molar refractivity (Wildman–Crippen MR) is 267 cm³/mol. The summed E-state index contributed by atoms with van der Waals surface area (Å²) < 4.78 is 20.1. The smallest absolute Gasteiger partial charge is 0.159 e. The fourth-order valence-corrected chi connectivity index (χ4v) is 9.89. The normalized spacial score (nSPS) is 12.0. The molecule has 13 aromatic rings. The van der Waals surface area contributed by atoms with Crippen LogP contribution < -0.4 is 9.80 Å². The van der Waals surface area contributed by atoms with Gasteiger partial charge in [-0.2, -0.15) is 0 Å². The molecular formula is C59H40N2O3. The van der Waals surface area contributed by atoms with Crippen molar-refractivity contribution in [3.8, 4) is 0 Å². The molecule has 0 unspecified atom stereocenters. The molecule has 0 fully saturated rings. The molecule has 0 radical (unpaired) electrons. The second-order valence-electron chi connectivity index (χ2n) is 17.1. The molecule has 3 aromatic heterocycles. The highest BCUT2D eigenvalue weighted by atomic mass is 16.3. The zero-order valence-electron chi connectivity index (χ0n) is 35.5. The lowest BCUT2D eigenvalue weighted by Gasteiger charge is -2.26. The van der Waals surface area contributed by atoms with Gasteiger partial charge in [-0.05, 0) is 138 Å². The quantitative estimate of drug-likeness (QED) is 0.167. The SMILES string of the molecule is Cc1ccc(N(c2ccc3cc4oc5cc6ccc(N(c7ccccc7)c7cccc8c7oc7c(C)cccc78)cc6cc5c4cc3c2)c2cccc3c2oc2c(C)cccc23)cc1. The molecule has 304 valence electrons. The molecule has 0 spiro atoms. The molecule has 0 atom stereocenters. The van der Waals surface area contributed by atoms with Gasteiger partial charge in [0.2, 0.25) is 0 Å². The molecular weight excluding hydrogens is 785 g/mol. The second kappa shape index (κ2) is 13.9. The molecule has 64 heavy (non-hydrogen) atoms. The minimum absolute atomic E-state index is 0.862. The van der Waals surface area contributed by atoms with Crippen LogP contribution in [0.15, 0.2) is 201 Å². The Labute approximate surface area is 368 Å². The maximum absolute atomic E-state index is 6.73. The Morgan fingerprint density at radius 1 is 0.297 bits per heavy atom. The molecule has 0 aliphatic rings. The molecule has 5 nitrogen and oxygen atoms in total. The van der Waals surface area contributed by atoms with E-state index in [1.807, 2.05) is 0 Å². The van der Waals surface area contributed by atoms with E-state index in [0.29, 0.717) is 0 Å². The zero-order chi connectivity index (χ0) is 42.6. The number of para-hydroxylation sites is 5. The molecule has 3 heterocycles. The van der Waals surface area contributed by atoms with Gasteiger partial charge in [-0.15, -0.1) is 0 Å². The van der Waals surface area contributed by atoms with E-state index in [-0.39, 0.29) is 0 Å². The number of fused-ring (bicyclic) bond motifs is 11. The van der Waals surface area contributed by atoms with Crippen molar-refractivity contribution in [2.75, 3.05) is 9.80 Å². The minimum atomic E-state index is 0.862. The van der Waals surface area contributed by atoms with Gasteiger partial charge in [-0.25, -0.2) is 0 Å². The summed E-state index contributed by atoms with van der Waals surface area (Å²) in [6, 6.07) is 67.2. The van der Waals surface area contributed by atoms with E-state index in [0.717, 1.165) is 133 Å². The van der Waals surface area contributed by atoms with E-state index < -0.39 is 0 Å². The Balaban J connectivity index is 0.969. The van der Waals surface area contributed by atoms with E-state index in [1.54, 1.807) is 0 Å². The molecule has 0 saturated carbocycles.